The molecular formula is C12H20N2O2. The Morgan fingerprint density at radius 3 is 1.56 bits per heavy atom. The second kappa shape index (κ2) is 6.30. The van der Waals surface area contributed by atoms with Gasteiger partial charge in [-0.3, -0.25) is 9.59 Å². The van der Waals surface area contributed by atoms with Crippen LogP contribution in [0, 0.1) is 0 Å². The molecule has 1 aromatic heterocycles. The molecule has 0 saturated heterocycles. The van der Waals surface area contributed by atoms with Crippen molar-refractivity contribution in [2.24, 2.45) is 0 Å². The van der Waals surface area contributed by atoms with Crippen LogP contribution >= 0.6 is 0 Å². The van der Waals surface area contributed by atoms with E-state index in [0.717, 1.165) is 25.7 Å². The fourth-order valence-electron chi connectivity index (χ4n) is 1.63. The third-order valence-corrected chi connectivity index (χ3v) is 2.62. The molecule has 0 aliphatic rings. The minimum Gasteiger partial charge on any atom is -0.268 e. The second-order valence-corrected chi connectivity index (χ2v) is 3.96. The lowest BCUT2D eigenvalue weighted by Gasteiger charge is -2.14. The largest absolute Gasteiger partial charge is 0.268 e. The van der Waals surface area contributed by atoms with Crippen LogP contribution in [-0.2, 0) is 13.1 Å². The van der Waals surface area contributed by atoms with Gasteiger partial charge < -0.3 is 0 Å². The van der Waals surface area contributed by atoms with E-state index in [4.69, 9.17) is 0 Å². The lowest BCUT2D eigenvalue weighted by Crippen LogP contribution is -2.37. The molecule has 1 rings (SSSR count). The summed E-state index contributed by atoms with van der Waals surface area (Å²) in [7, 11) is 0. The van der Waals surface area contributed by atoms with Gasteiger partial charge in [-0.1, -0.05) is 26.7 Å². The highest BCUT2D eigenvalue weighted by molar-refractivity contribution is 4.88. The van der Waals surface area contributed by atoms with Gasteiger partial charge in [0.05, 0.1) is 0 Å². The summed E-state index contributed by atoms with van der Waals surface area (Å²) in [5.74, 6) is 0. The van der Waals surface area contributed by atoms with Gasteiger partial charge in [0.25, 0.3) is 11.1 Å². The molecule has 0 fully saturated rings. The Labute approximate surface area is 95.5 Å². The Balaban J connectivity index is 3.05. The van der Waals surface area contributed by atoms with E-state index in [2.05, 4.69) is 13.8 Å². The zero-order valence-corrected chi connectivity index (χ0v) is 10.1. The second-order valence-electron chi connectivity index (χ2n) is 3.96. The number of aromatic nitrogens is 2. The van der Waals surface area contributed by atoms with Crippen LogP contribution in [0.2, 0.25) is 0 Å². The van der Waals surface area contributed by atoms with E-state index >= 15 is 0 Å². The highest BCUT2D eigenvalue weighted by Crippen LogP contribution is 1.94. The van der Waals surface area contributed by atoms with E-state index in [1.807, 2.05) is 0 Å². The summed E-state index contributed by atoms with van der Waals surface area (Å²) in [6.45, 7) is 5.41. The van der Waals surface area contributed by atoms with E-state index in [0.29, 0.717) is 13.1 Å². The quantitative estimate of drug-likeness (QED) is 0.737. The summed E-state index contributed by atoms with van der Waals surface area (Å²) in [6.07, 6.45) is 3.89. The Morgan fingerprint density at radius 2 is 1.25 bits per heavy atom. The third-order valence-electron chi connectivity index (χ3n) is 2.62. The topological polar surface area (TPSA) is 44.0 Å². The fourth-order valence-corrected chi connectivity index (χ4v) is 1.63. The van der Waals surface area contributed by atoms with Crippen LogP contribution in [0.4, 0.5) is 0 Å². The van der Waals surface area contributed by atoms with Crippen molar-refractivity contribution in [2.75, 3.05) is 0 Å². The standard InChI is InChI=1S/C12H20N2O2/c1-3-5-9-13-11(15)7-8-12(16)14(13)10-6-4-2/h7-8H,3-6,9-10H2,1-2H3. The summed E-state index contributed by atoms with van der Waals surface area (Å²) < 4.78 is 3.14. The Morgan fingerprint density at radius 1 is 0.875 bits per heavy atom. The van der Waals surface area contributed by atoms with Crippen molar-refractivity contribution in [3.8, 4) is 0 Å². The molecule has 0 spiro atoms. The molecule has 0 unspecified atom stereocenters. The zero-order valence-electron chi connectivity index (χ0n) is 10.1. The lowest BCUT2D eigenvalue weighted by molar-refractivity contribution is 0.392. The van der Waals surface area contributed by atoms with E-state index in [1.165, 1.54) is 12.1 Å². The van der Waals surface area contributed by atoms with E-state index < -0.39 is 0 Å². The molecule has 16 heavy (non-hydrogen) atoms. The van der Waals surface area contributed by atoms with Gasteiger partial charge >= 0.3 is 0 Å². The Hall–Kier alpha value is -1.32. The first-order valence-corrected chi connectivity index (χ1v) is 6.01. The molecule has 0 saturated carbocycles. The number of rotatable bonds is 6. The maximum atomic E-state index is 11.7. The summed E-state index contributed by atoms with van der Waals surface area (Å²) in [6, 6.07) is 2.72. The molecule has 0 aromatic carbocycles. The molecule has 0 amide bonds. The molecule has 0 radical (unpaired) electrons. The van der Waals surface area contributed by atoms with Crippen molar-refractivity contribution in [3.05, 3.63) is 32.8 Å². The third kappa shape index (κ3) is 3.08. The van der Waals surface area contributed by atoms with Crippen molar-refractivity contribution < 1.29 is 0 Å². The molecule has 0 N–H and O–H groups in total. The SMILES string of the molecule is CCCCn1c(=O)ccc(=O)n1CCCC. The molecule has 0 bridgehead atoms. The molecule has 90 valence electrons. The smallest absolute Gasteiger partial charge is 0.265 e. The first-order valence-electron chi connectivity index (χ1n) is 6.01. The van der Waals surface area contributed by atoms with Crippen LogP contribution in [0.15, 0.2) is 21.7 Å². The van der Waals surface area contributed by atoms with Crippen LogP contribution in [0.25, 0.3) is 0 Å². The van der Waals surface area contributed by atoms with E-state index in [1.54, 1.807) is 9.36 Å². The van der Waals surface area contributed by atoms with Crippen molar-refractivity contribution >= 4 is 0 Å². The highest BCUT2D eigenvalue weighted by Gasteiger charge is 2.03. The minimum absolute atomic E-state index is 0.0795. The van der Waals surface area contributed by atoms with Crippen LogP contribution in [0.5, 0.6) is 0 Å². The van der Waals surface area contributed by atoms with Gasteiger partial charge in [-0.2, -0.15) is 0 Å². The summed E-state index contributed by atoms with van der Waals surface area (Å²) in [5.41, 5.74) is -0.159. The van der Waals surface area contributed by atoms with Gasteiger partial charge in [-0.15, -0.1) is 0 Å². The molecule has 0 atom stereocenters. The van der Waals surface area contributed by atoms with Gasteiger partial charge in [0.2, 0.25) is 0 Å². The maximum Gasteiger partial charge on any atom is 0.265 e. The molecule has 1 heterocycles. The van der Waals surface area contributed by atoms with Crippen molar-refractivity contribution in [1.29, 1.82) is 0 Å². The molecule has 4 heteroatoms. The predicted molar refractivity (Wildman–Crippen MR) is 64.8 cm³/mol. The van der Waals surface area contributed by atoms with Gasteiger partial charge in [-0.05, 0) is 12.8 Å². The predicted octanol–water partition coefficient (Wildman–Crippen LogP) is 1.61. The Bertz CT molecular complexity index is 390. The average Bonchev–Trinajstić information content (AvgIpc) is 2.29. The minimum atomic E-state index is -0.0795. The van der Waals surface area contributed by atoms with Crippen LogP contribution in [0.3, 0.4) is 0 Å². The van der Waals surface area contributed by atoms with E-state index in [-0.39, 0.29) is 11.1 Å². The normalized spacial score (nSPS) is 10.6. The summed E-state index contributed by atoms with van der Waals surface area (Å²) in [5, 5.41) is 0. The van der Waals surface area contributed by atoms with Gasteiger partial charge in [-0.25, -0.2) is 9.36 Å². The van der Waals surface area contributed by atoms with Gasteiger partial charge in [0.15, 0.2) is 0 Å². The molecule has 0 aliphatic carbocycles. The fraction of sp³-hybridized carbons (Fsp3) is 0.667. The summed E-state index contributed by atoms with van der Waals surface area (Å²) >= 11 is 0. The van der Waals surface area contributed by atoms with Crippen molar-refractivity contribution in [1.82, 2.24) is 9.36 Å². The van der Waals surface area contributed by atoms with Crippen LogP contribution < -0.4 is 11.1 Å². The van der Waals surface area contributed by atoms with Gasteiger partial charge in [0.1, 0.15) is 0 Å². The van der Waals surface area contributed by atoms with Crippen molar-refractivity contribution in [3.63, 3.8) is 0 Å². The molecule has 4 nitrogen and oxygen atoms in total. The van der Waals surface area contributed by atoms with Crippen LogP contribution in [-0.4, -0.2) is 9.36 Å². The number of hydrogen-bond acceptors (Lipinski definition) is 2. The number of nitrogens with zero attached hydrogens (tertiary/aromatic N) is 2. The molecule has 0 aliphatic heterocycles. The zero-order chi connectivity index (χ0) is 12.0. The first kappa shape index (κ1) is 12.7. The van der Waals surface area contributed by atoms with Crippen LogP contribution in [0.1, 0.15) is 39.5 Å². The lowest BCUT2D eigenvalue weighted by atomic mass is 10.3. The molecule has 1 aromatic rings. The number of hydrogen-bond donors (Lipinski definition) is 0. The van der Waals surface area contributed by atoms with Crippen molar-refractivity contribution in [2.45, 2.75) is 52.6 Å². The monoisotopic (exact) mass is 224 g/mol. The van der Waals surface area contributed by atoms with Gasteiger partial charge in [0, 0.05) is 25.2 Å². The highest BCUT2D eigenvalue weighted by atomic mass is 16.2. The van der Waals surface area contributed by atoms with E-state index in [9.17, 15) is 9.59 Å². The summed E-state index contributed by atoms with van der Waals surface area (Å²) in [4.78, 5) is 23.3. The average molecular weight is 224 g/mol. The molecular weight excluding hydrogens is 204 g/mol. The maximum absolute atomic E-state index is 11.7. The number of unbranched alkanes of at least 4 members (excludes halogenated alkanes) is 2. The first-order chi connectivity index (χ1) is 7.70. The Kier molecular flexibility index (Phi) is 5.02.